The van der Waals surface area contributed by atoms with Crippen LogP contribution in [0.2, 0.25) is 0 Å². The summed E-state index contributed by atoms with van der Waals surface area (Å²) in [4.78, 5) is 17.9. The summed E-state index contributed by atoms with van der Waals surface area (Å²) in [6, 6.07) is 16.0. The number of rotatable bonds is 5. The number of halogens is 2. The summed E-state index contributed by atoms with van der Waals surface area (Å²) in [5.41, 5.74) is 1.71. The molecule has 0 saturated carbocycles. The van der Waals surface area contributed by atoms with Gasteiger partial charge in [0.15, 0.2) is 16.7 Å². The average Bonchev–Trinajstić information content (AvgIpc) is 3.22. The van der Waals surface area contributed by atoms with Crippen LogP contribution in [0.1, 0.15) is 11.1 Å². The Morgan fingerprint density at radius 2 is 1.71 bits per heavy atom. The van der Waals surface area contributed by atoms with E-state index in [1.165, 1.54) is 23.9 Å². The molecular weight excluding hydrogens is 422 g/mol. The Kier molecular flexibility index (Phi) is 5.07. The highest BCUT2D eigenvalue weighted by molar-refractivity contribution is 7.98. The molecule has 2 heterocycles. The number of aromatic nitrogens is 2. The van der Waals surface area contributed by atoms with Gasteiger partial charge in [0.25, 0.3) is 5.56 Å². The van der Waals surface area contributed by atoms with Crippen molar-refractivity contribution in [2.24, 2.45) is 0 Å². The molecule has 5 nitrogen and oxygen atoms in total. The molecule has 0 bridgehead atoms. The smallest absolute Gasteiger partial charge is 0.262 e. The van der Waals surface area contributed by atoms with Gasteiger partial charge in [0.1, 0.15) is 11.6 Å². The molecule has 5 rings (SSSR count). The molecule has 8 heteroatoms. The molecule has 0 unspecified atom stereocenters. The second-order valence-electron chi connectivity index (χ2n) is 7.06. The molecule has 0 fully saturated rings. The maximum absolute atomic E-state index is 13.6. The van der Waals surface area contributed by atoms with E-state index in [1.54, 1.807) is 28.8 Å². The first-order valence-corrected chi connectivity index (χ1v) is 10.5. The van der Waals surface area contributed by atoms with Gasteiger partial charge < -0.3 is 9.47 Å². The van der Waals surface area contributed by atoms with Crippen LogP contribution in [0.4, 0.5) is 8.78 Å². The molecule has 0 aliphatic carbocycles. The van der Waals surface area contributed by atoms with Gasteiger partial charge in [-0.15, -0.1) is 0 Å². The number of fused-ring (bicyclic) bond motifs is 2. The summed E-state index contributed by atoms with van der Waals surface area (Å²) >= 11 is 1.25. The van der Waals surface area contributed by atoms with Crippen LogP contribution in [0, 0.1) is 11.6 Å². The normalized spacial score (nSPS) is 12.5. The van der Waals surface area contributed by atoms with Crippen molar-refractivity contribution in [2.45, 2.75) is 17.5 Å². The molecule has 31 heavy (non-hydrogen) atoms. The van der Waals surface area contributed by atoms with E-state index in [1.807, 2.05) is 18.2 Å². The van der Waals surface area contributed by atoms with Crippen molar-refractivity contribution in [3.63, 3.8) is 0 Å². The van der Waals surface area contributed by atoms with E-state index in [2.05, 4.69) is 4.98 Å². The number of ether oxygens (including phenoxy) is 2. The van der Waals surface area contributed by atoms with Gasteiger partial charge in [0.2, 0.25) is 6.79 Å². The van der Waals surface area contributed by atoms with Gasteiger partial charge in [0, 0.05) is 11.8 Å². The highest BCUT2D eigenvalue weighted by atomic mass is 32.2. The van der Waals surface area contributed by atoms with Crippen LogP contribution < -0.4 is 15.0 Å². The minimum Gasteiger partial charge on any atom is -0.454 e. The van der Waals surface area contributed by atoms with Crippen LogP contribution in [0.5, 0.6) is 11.5 Å². The van der Waals surface area contributed by atoms with Crippen molar-refractivity contribution in [3.05, 3.63) is 93.8 Å². The zero-order valence-electron chi connectivity index (χ0n) is 16.2. The third-order valence-electron chi connectivity index (χ3n) is 4.89. The lowest BCUT2D eigenvalue weighted by Crippen LogP contribution is -2.24. The van der Waals surface area contributed by atoms with Crippen LogP contribution in [0.25, 0.3) is 10.9 Å². The zero-order valence-corrected chi connectivity index (χ0v) is 17.0. The average molecular weight is 438 g/mol. The Morgan fingerprint density at radius 1 is 0.935 bits per heavy atom. The Balaban J connectivity index is 1.53. The lowest BCUT2D eigenvalue weighted by molar-refractivity contribution is 0.174. The molecule has 1 aliphatic rings. The van der Waals surface area contributed by atoms with E-state index in [4.69, 9.17) is 9.47 Å². The Hall–Kier alpha value is -3.39. The molecular formula is C23H16F2N2O3S. The summed E-state index contributed by atoms with van der Waals surface area (Å²) in [5.74, 6) is 0.277. The summed E-state index contributed by atoms with van der Waals surface area (Å²) in [6.07, 6.45) is 0. The van der Waals surface area contributed by atoms with Gasteiger partial charge in [-0.1, -0.05) is 30.0 Å². The standard InChI is InChI=1S/C23H16F2N2O3S/c24-16-7-15(8-17(25)10-16)12-31-23-26-19-4-2-1-3-18(19)22(28)27(23)11-14-5-6-20-21(9-14)30-13-29-20/h1-10H,11-13H2. The fourth-order valence-corrected chi connectivity index (χ4v) is 4.39. The monoisotopic (exact) mass is 438 g/mol. The van der Waals surface area contributed by atoms with Crippen LogP contribution in [0.15, 0.2) is 70.6 Å². The van der Waals surface area contributed by atoms with Crippen molar-refractivity contribution < 1.29 is 18.3 Å². The minimum atomic E-state index is -0.639. The molecule has 0 N–H and O–H groups in total. The van der Waals surface area contributed by atoms with Crippen LogP contribution >= 0.6 is 11.8 Å². The molecule has 0 spiro atoms. The first-order chi connectivity index (χ1) is 15.1. The second-order valence-corrected chi connectivity index (χ2v) is 8.00. The van der Waals surface area contributed by atoms with Crippen LogP contribution in [0.3, 0.4) is 0 Å². The van der Waals surface area contributed by atoms with Gasteiger partial charge in [-0.05, 0) is 47.5 Å². The predicted octanol–water partition coefficient (Wildman–Crippen LogP) is 4.74. The van der Waals surface area contributed by atoms with Crippen LogP contribution in [-0.4, -0.2) is 16.3 Å². The van der Waals surface area contributed by atoms with E-state index in [0.29, 0.717) is 33.1 Å². The largest absolute Gasteiger partial charge is 0.454 e. The fourth-order valence-electron chi connectivity index (χ4n) is 3.46. The molecule has 1 aromatic heterocycles. The summed E-state index contributed by atoms with van der Waals surface area (Å²) < 4.78 is 39.5. The van der Waals surface area contributed by atoms with Crippen molar-refractivity contribution in [2.75, 3.05) is 6.79 Å². The van der Waals surface area contributed by atoms with Crippen molar-refractivity contribution in [1.82, 2.24) is 9.55 Å². The maximum atomic E-state index is 13.6. The third-order valence-corrected chi connectivity index (χ3v) is 5.94. The van der Waals surface area contributed by atoms with E-state index in [0.717, 1.165) is 11.6 Å². The van der Waals surface area contributed by atoms with Gasteiger partial charge in [-0.3, -0.25) is 9.36 Å². The molecule has 3 aromatic carbocycles. The first-order valence-electron chi connectivity index (χ1n) is 9.53. The molecule has 0 radical (unpaired) electrons. The Morgan fingerprint density at radius 3 is 2.55 bits per heavy atom. The Bertz CT molecular complexity index is 1340. The topological polar surface area (TPSA) is 53.4 Å². The number of nitrogens with zero attached hydrogens (tertiary/aromatic N) is 2. The quantitative estimate of drug-likeness (QED) is 0.333. The lowest BCUT2D eigenvalue weighted by atomic mass is 10.2. The number of para-hydroxylation sites is 1. The van der Waals surface area contributed by atoms with Crippen molar-refractivity contribution in [3.8, 4) is 11.5 Å². The van der Waals surface area contributed by atoms with E-state index in [9.17, 15) is 13.6 Å². The van der Waals surface area contributed by atoms with Crippen molar-refractivity contribution >= 4 is 22.7 Å². The highest BCUT2D eigenvalue weighted by Gasteiger charge is 2.16. The second kappa shape index (κ2) is 8.03. The summed E-state index contributed by atoms with van der Waals surface area (Å²) in [7, 11) is 0. The zero-order chi connectivity index (χ0) is 21.4. The molecule has 1 aliphatic heterocycles. The fraction of sp³-hybridized carbons (Fsp3) is 0.130. The van der Waals surface area contributed by atoms with Gasteiger partial charge in [0.05, 0.1) is 17.4 Å². The van der Waals surface area contributed by atoms with E-state index < -0.39 is 11.6 Å². The number of hydrogen-bond donors (Lipinski definition) is 0. The third kappa shape index (κ3) is 3.98. The number of benzene rings is 3. The van der Waals surface area contributed by atoms with Crippen LogP contribution in [-0.2, 0) is 12.3 Å². The van der Waals surface area contributed by atoms with Gasteiger partial charge >= 0.3 is 0 Å². The molecule has 156 valence electrons. The molecule has 4 aromatic rings. The minimum absolute atomic E-state index is 0.168. The van der Waals surface area contributed by atoms with Crippen molar-refractivity contribution in [1.29, 1.82) is 0 Å². The predicted molar refractivity (Wildman–Crippen MR) is 114 cm³/mol. The molecule has 0 amide bonds. The maximum Gasteiger partial charge on any atom is 0.262 e. The Labute approximate surface area is 180 Å². The molecule has 0 saturated heterocycles. The van der Waals surface area contributed by atoms with E-state index in [-0.39, 0.29) is 24.6 Å². The summed E-state index contributed by atoms with van der Waals surface area (Å²) in [5, 5.41) is 0.968. The SMILES string of the molecule is O=c1c2ccccc2nc(SCc2cc(F)cc(F)c2)n1Cc1ccc2c(c1)OCO2. The number of hydrogen-bond acceptors (Lipinski definition) is 5. The highest BCUT2D eigenvalue weighted by Crippen LogP contribution is 2.33. The summed E-state index contributed by atoms with van der Waals surface area (Å²) in [6.45, 7) is 0.439. The number of thioether (sulfide) groups is 1. The van der Waals surface area contributed by atoms with Gasteiger partial charge in [-0.25, -0.2) is 13.8 Å². The van der Waals surface area contributed by atoms with Gasteiger partial charge in [-0.2, -0.15) is 0 Å². The van der Waals surface area contributed by atoms with E-state index >= 15 is 0 Å². The lowest BCUT2D eigenvalue weighted by Gasteiger charge is -2.14. The first kappa shape index (κ1) is 19.6. The molecule has 0 atom stereocenters.